The lowest BCUT2D eigenvalue weighted by Crippen LogP contribution is -1.76. The van der Waals surface area contributed by atoms with Crippen LogP contribution in [0.4, 0.5) is 4.39 Å². The molecule has 0 spiro atoms. The Morgan fingerprint density at radius 3 is 2.33 bits per heavy atom. The van der Waals surface area contributed by atoms with Crippen molar-refractivity contribution in [3.8, 4) is 10.4 Å². The highest BCUT2D eigenvalue weighted by Crippen LogP contribution is 2.35. The zero-order valence-corrected chi connectivity index (χ0v) is 11.1. The molecule has 2 heteroatoms. The largest absolute Gasteiger partial charge is 0.205 e. The monoisotopic (exact) mass is 256 g/mol. The minimum absolute atomic E-state index is 0.117. The van der Waals surface area contributed by atoms with Gasteiger partial charge in [0.2, 0.25) is 0 Å². The summed E-state index contributed by atoms with van der Waals surface area (Å²) in [7, 11) is 0. The molecular weight excluding hydrogens is 243 g/mol. The molecule has 0 aliphatic rings. The van der Waals surface area contributed by atoms with Gasteiger partial charge in [-0.1, -0.05) is 35.9 Å². The molecule has 0 N–H and O–H groups in total. The lowest BCUT2D eigenvalue weighted by Gasteiger charge is -1.97. The summed E-state index contributed by atoms with van der Waals surface area (Å²) in [6, 6.07) is 14.0. The molecule has 0 bridgehead atoms. The Hall–Kier alpha value is -1.67. The highest BCUT2D eigenvalue weighted by molar-refractivity contribution is 7.22. The second-order valence-electron chi connectivity index (χ2n) is 4.64. The van der Waals surface area contributed by atoms with Gasteiger partial charge in [0.1, 0.15) is 5.82 Å². The Bertz CT molecular complexity index is 708. The fourth-order valence-corrected chi connectivity index (χ4v) is 3.16. The van der Waals surface area contributed by atoms with E-state index in [-0.39, 0.29) is 5.82 Å². The van der Waals surface area contributed by atoms with Crippen LogP contribution >= 0.6 is 11.3 Å². The average molecular weight is 256 g/mol. The van der Waals surface area contributed by atoms with Crippen molar-refractivity contribution in [2.75, 3.05) is 0 Å². The van der Waals surface area contributed by atoms with Crippen molar-refractivity contribution in [3.05, 3.63) is 59.4 Å². The molecule has 18 heavy (non-hydrogen) atoms. The van der Waals surface area contributed by atoms with Crippen LogP contribution in [0.15, 0.2) is 42.5 Å². The molecule has 0 amide bonds. The summed E-state index contributed by atoms with van der Waals surface area (Å²) in [6.07, 6.45) is 0. The highest BCUT2D eigenvalue weighted by Gasteiger charge is 2.08. The van der Waals surface area contributed by atoms with Gasteiger partial charge < -0.3 is 0 Å². The molecule has 3 rings (SSSR count). The average Bonchev–Trinajstić information content (AvgIpc) is 2.74. The summed E-state index contributed by atoms with van der Waals surface area (Å²) < 4.78 is 14.6. The predicted octanol–water partition coefficient (Wildman–Crippen LogP) is 5.32. The Morgan fingerprint density at radius 1 is 0.889 bits per heavy atom. The molecule has 1 aromatic heterocycles. The number of halogens is 1. The topological polar surface area (TPSA) is 0 Å². The predicted molar refractivity (Wildman–Crippen MR) is 76.7 cm³/mol. The quantitative estimate of drug-likeness (QED) is 0.552. The number of thiophene rings is 1. The molecule has 0 aliphatic heterocycles. The minimum atomic E-state index is -0.117. The zero-order valence-electron chi connectivity index (χ0n) is 10.3. The van der Waals surface area contributed by atoms with Crippen molar-refractivity contribution < 1.29 is 4.39 Å². The number of hydrogen-bond acceptors (Lipinski definition) is 1. The van der Waals surface area contributed by atoms with Crippen molar-refractivity contribution in [2.45, 2.75) is 13.8 Å². The summed E-state index contributed by atoms with van der Waals surface area (Å²) in [6.45, 7) is 3.99. The van der Waals surface area contributed by atoms with Crippen molar-refractivity contribution in [2.24, 2.45) is 0 Å². The van der Waals surface area contributed by atoms with E-state index in [0.29, 0.717) is 0 Å². The molecular formula is C16H13FS. The van der Waals surface area contributed by atoms with Crippen LogP contribution in [-0.2, 0) is 0 Å². The van der Waals surface area contributed by atoms with Gasteiger partial charge in [0.15, 0.2) is 0 Å². The van der Waals surface area contributed by atoms with Crippen LogP contribution in [0.5, 0.6) is 0 Å². The van der Waals surface area contributed by atoms with Gasteiger partial charge in [0, 0.05) is 4.88 Å². The molecule has 0 unspecified atom stereocenters. The lowest BCUT2D eigenvalue weighted by atomic mass is 10.1. The van der Waals surface area contributed by atoms with Crippen molar-refractivity contribution in [1.29, 1.82) is 0 Å². The van der Waals surface area contributed by atoms with Gasteiger partial charge in [0.05, 0.1) is 4.70 Å². The zero-order chi connectivity index (χ0) is 12.7. The van der Waals surface area contributed by atoms with E-state index in [1.165, 1.54) is 16.9 Å². The fraction of sp³-hybridized carbons (Fsp3) is 0.125. The van der Waals surface area contributed by atoms with Gasteiger partial charge in [-0.05, 0) is 42.5 Å². The van der Waals surface area contributed by atoms with E-state index in [1.54, 1.807) is 6.07 Å². The Balaban J connectivity index is 2.19. The normalized spacial score (nSPS) is 11.1. The van der Waals surface area contributed by atoms with Crippen LogP contribution in [0.1, 0.15) is 11.1 Å². The summed E-state index contributed by atoms with van der Waals surface area (Å²) in [4.78, 5) is 1.12. The van der Waals surface area contributed by atoms with Gasteiger partial charge in [-0.2, -0.15) is 0 Å². The summed E-state index contributed by atoms with van der Waals surface area (Å²) in [5, 5.41) is 0.994. The molecule has 0 radical (unpaired) electrons. The highest BCUT2D eigenvalue weighted by atomic mass is 32.1. The van der Waals surface area contributed by atoms with Crippen molar-refractivity contribution in [3.63, 3.8) is 0 Å². The number of rotatable bonds is 1. The Labute approximate surface area is 110 Å². The number of aryl methyl sites for hydroxylation is 2. The van der Waals surface area contributed by atoms with Gasteiger partial charge in [-0.15, -0.1) is 11.3 Å². The van der Waals surface area contributed by atoms with Crippen molar-refractivity contribution in [1.82, 2.24) is 0 Å². The maximum Gasteiger partial charge on any atom is 0.141 e. The summed E-state index contributed by atoms with van der Waals surface area (Å²) in [5.74, 6) is -0.117. The molecule has 0 nitrogen and oxygen atoms in total. The molecule has 0 fully saturated rings. The Kier molecular flexibility index (Phi) is 2.67. The minimum Gasteiger partial charge on any atom is -0.205 e. The van der Waals surface area contributed by atoms with Gasteiger partial charge in [-0.25, -0.2) is 4.39 Å². The van der Waals surface area contributed by atoms with Crippen molar-refractivity contribution >= 4 is 21.4 Å². The first-order valence-corrected chi connectivity index (χ1v) is 6.72. The second-order valence-corrected chi connectivity index (χ2v) is 5.69. The standard InChI is InChI=1S/C16H13FS/c1-10-3-5-12(6-4-10)15-9-13-7-11(2)8-14(17)16(13)18-15/h3-9H,1-2H3. The van der Waals surface area contributed by atoms with E-state index in [4.69, 9.17) is 0 Å². The van der Waals surface area contributed by atoms with E-state index < -0.39 is 0 Å². The lowest BCUT2D eigenvalue weighted by molar-refractivity contribution is 0.640. The third-order valence-electron chi connectivity index (χ3n) is 3.05. The number of fused-ring (bicyclic) bond motifs is 1. The summed E-state index contributed by atoms with van der Waals surface area (Å²) >= 11 is 1.52. The molecule has 0 atom stereocenters. The summed E-state index contributed by atoms with van der Waals surface area (Å²) in [5.41, 5.74) is 3.36. The third kappa shape index (κ3) is 1.93. The van der Waals surface area contributed by atoms with E-state index >= 15 is 0 Å². The first-order chi connectivity index (χ1) is 8.63. The maximum absolute atomic E-state index is 13.9. The van der Waals surface area contributed by atoms with Gasteiger partial charge in [-0.3, -0.25) is 0 Å². The van der Waals surface area contributed by atoms with Crippen LogP contribution in [0.3, 0.4) is 0 Å². The van der Waals surface area contributed by atoms with E-state index in [0.717, 1.165) is 26.1 Å². The fourth-order valence-electron chi connectivity index (χ4n) is 2.11. The first-order valence-electron chi connectivity index (χ1n) is 5.90. The maximum atomic E-state index is 13.9. The van der Waals surface area contributed by atoms with Crippen LogP contribution < -0.4 is 0 Å². The van der Waals surface area contributed by atoms with Crippen LogP contribution in [0, 0.1) is 19.7 Å². The van der Waals surface area contributed by atoms with E-state index in [2.05, 4.69) is 37.3 Å². The number of hydrogen-bond donors (Lipinski definition) is 0. The van der Waals surface area contributed by atoms with Crippen LogP contribution in [-0.4, -0.2) is 0 Å². The van der Waals surface area contributed by atoms with Gasteiger partial charge in [0.25, 0.3) is 0 Å². The number of benzene rings is 2. The molecule has 0 saturated heterocycles. The van der Waals surface area contributed by atoms with Crippen LogP contribution in [0.2, 0.25) is 0 Å². The third-order valence-corrected chi connectivity index (χ3v) is 4.26. The van der Waals surface area contributed by atoms with Gasteiger partial charge >= 0.3 is 0 Å². The van der Waals surface area contributed by atoms with Crippen LogP contribution in [0.25, 0.3) is 20.5 Å². The molecule has 3 aromatic rings. The van der Waals surface area contributed by atoms with E-state index in [9.17, 15) is 4.39 Å². The second kappa shape index (κ2) is 4.21. The molecule has 90 valence electrons. The molecule has 1 heterocycles. The SMILES string of the molecule is Cc1ccc(-c2cc3cc(C)cc(F)c3s2)cc1. The first kappa shape index (κ1) is 11.4. The Morgan fingerprint density at radius 2 is 1.61 bits per heavy atom. The molecule has 0 aliphatic carbocycles. The molecule has 2 aromatic carbocycles. The van der Waals surface area contributed by atoms with E-state index in [1.807, 2.05) is 13.0 Å². The smallest absolute Gasteiger partial charge is 0.141 e. The molecule has 0 saturated carbocycles.